The molecular weight excluding hydrogens is 218 g/mol. The van der Waals surface area contributed by atoms with Crippen LogP contribution in [0.15, 0.2) is 12.1 Å². The van der Waals surface area contributed by atoms with Gasteiger partial charge in [-0.25, -0.2) is 0 Å². The first-order valence-electron chi connectivity index (χ1n) is 5.68. The van der Waals surface area contributed by atoms with Crippen molar-refractivity contribution in [1.82, 2.24) is 5.32 Å². The van der Waals surface area contributed by atoms with Crippen molar-refractivity contribution in [2.24, 2.45) is 0 Å². The Balaban J connectivity index is 2.38. The standard InChI is InChI=1S/C13H17NO3/c1-8(15)14-11-6-4-10-9(11)5-7-12(16-2)13(10)17-3/h5,7,11H,4,6H2,1-3H3,(H,14,15). The minimum Gasteiger partial charge on any atom is -0.493 e. The van der Waals surface area contributed by atoms with Gasteiger partial charge in [-0.2, -0.15) is 0 Å². The van der Waals surface area contributed by atoms with E-state index in [1.807, 2.05) is 12.1 Å². The largest absolute Gasteiger partial charge is 0.493 e. The van der Waals surface area contributed by atoms with Crippen molar-refractivity contribution in [2.45, 2.75) is 25.8 Å². The molecule has 0 aliphatic heterocycles. The predicted octanol–water partition coefficient (Wildman–Crippen LogP) is 1.83. The number of hydrogen-bond acceptors (Lipinski definition) is 3. The van der Waals surface area contributed by atoms with Gasteiger partial charge < -0.3 is 14.8 Å². The van der Waals surface area contributed by atoms with Gasteiger partial charge in [-0.15, -0.1) is 0 Å². The van der Waals surface area contributed by atoms with Gasteiger partial charge in [0.05, 0.1) is 20.3 Å². The number of hydrogen-bond donors (Lipinski definition) is 1. The van der Waals surface area contributed by atoms with Gasteiger partial charge in [0.2, 0.25) is 5.91 Å². The predicted molar refractivity (Wildman–Crippen MR) is 64.4 cm³/mol. The van der Waals surface area contributed by atoms with Crippen molar-refractivity contribution in [1.29, 1.82) is 0 Å². The van der Waals surface area contributed by atoms with Crippen LogP contribution in [0.2, 0.25) is 0 Å². The Kier molecular flexibility index (Phi) is 3.22. The third kappa shape index (κ3) is 2.07. The van der Waals surface area contributed by atoms with Gasteiger partial charge >= 0.3 is 0 Å². The average Bonchev–Trinajstić information content (AvgIpc) is 2.70. The summed E-state index contributed by atoms with van der Waals surface area (Å²) in [4.78, 5) is 11.1. The van der Waals surface area contributed by atoms with E-state index in [1.54, 1.807) is 21.1 Å². The van der Waals surface area contributed by atoms with Crippen molar-refractivity contribution in [3.05, 3.63) is 23.3 Å². The van der Waals surface area contributed by atoms with Crippen LogP contribution in [-0.2, 0) is 11.2 Å². The van der Waals surface area contributed by atoms with Crippen LogP contribution in [0, 0.1) is 0 Å². The van der Waals surface area contributed by atoms with Gasteiger partial charge in [0.15, 0.2) is 11.5 Å². The van der Waals surface area contributed by atoms with E-state index in [4.69, 9.17) is 9.47 Å². The molecule has 4 heteroatoms. The molecular formula is C13H17NO3. The Morgan fingerprint density at radius 2 is 2.12 bits per heavy atom. The molecule has 0 bridgehead atoms. The first-order chi connectivity index (χ1) is 8.17. The summed E-state index contributed by atoms with van der Waals surface area (Å²) in [6.07, 6.45) is 1.82. The van der Waals surface area contributed by atoms with E-state index in [0.717, 1.165) is 35.5 Å². The summed E-state index contributed by atoms with van der Waals surface area (Å²) in [5.41, 5.74) is 2.28. The number of amides is 1. The van der Waals surface area contributed by atoms with E-state index < -0.39 is 0 Å². The van der Waals surface area contributed by atoms with Crippen LogP contribution >= 0.6 is 0 Å². The van der Waals surface area contributed by atoms with E-state index in [9.17, 15) is 4.79 Å². The molecule has 0 aromatic heterocycles. The lowest BCUT2D eigenvalue weighted by atomic mass is 10.1. The molecule has 92 valence electrons. The third-order valence-corrected chi connectivity index (χ3v) is 3.12. The zero-order chi connectivity index (χ0) is 12.4. The van der Waals surface area contributed by atoms with Crippen LogP contribution in [0.25, 0.3) is 0 Å². The van der Waals surface area contributed by atoms with Gasteiger partial charge in [0.25, 0.3) is 0 Å². The van der Waals surface area contributed by atoms with Crippen LogP contribution in [0.5, 0.6) is 11.5 Å². The van der Waals surface area contributed by atoms with Crippen LogP contribution in [-0.4, -0.2) is 20.1 Å². The van der Waals surface area contributed by atoms with E-state index in [1.165, 1.54) is 0 Å². The SMILES string of the molecule is COc1ccc2c(c1OC)CCC2NC(C)=O. The smallest absolute Gasteiger partial charge is 0.217 e. The van der Waals surface area contributed by atoms with E-state index in [0.29, 0.717) is 0 Å². The monoisotopic (exact) mass is 235 g/mol. The highest BCUT2D eigenvalue weighted by atomic mass is 16.5. The number of rotatable bonds is 3. The normalized spacial score (nSPS) is 17.5. The van der Waals surface area contributed by atoms with Gasteiger partial charge in [-0.3, -0.25) is 4.79 Å². The number of fused-ring (bicyclic) bond motifs is 1. The maximum absolute atomic E-state index is 11.1. The van der Waals surface area contributed by atoms with Crippen LogP contribution in [0.3, 0.4) is 0 Å². The minimum absolute atomic E-state index is 0.00219. The molecule has 17 heavy (non-hydrogen) atoms. The van der Waals surface area contributed by atoms with Crippen molar-refractivity contribution >= 4 is 5.91 Å². The molecule has 1 aromatic carbocycles. The molecule has 0 fully saturated rings. The van der Waals surface area contributed by atoms with E-state index >= 15 is 0 Å². The van der Waals surface area contributed by atoms with Crippen LogP contribution in [0.4, 0.5) is 0 Å². The van der Waals surface area contributed by atoms with Gasteiger partial charge in [0.1, 0.15) is 0 Å². The fraction of sp³-hybridized carbons (Fsp3) is 0.462. The lowest BCUT2D eigenvalue weighted by Gasteiger charge is -2.15. The highest BCUT2D eigenvalue weighted by molar-refractivity contribution is 5.74. The quantitative estimate of drug-likeness (QED) is 0.869. The van der Waals surface area contributed by atoms with Gasteiger partial charge in [-0.05, 0) is 24.5 Å². The molecule has 0 heterocycles. The molecule has 1 atom stereocenters. The van der Waals surface area contributed by atoms with Crippen molar-refractivity contribution in [2.75, 3.05) is 14.2 Å². The fourth-order valence-corrected chi connectivity index (χ4v) is 2.43. The Morgan fingerprint density at radius 1 is 1.35 bits per heavy atom. The molecule has 1 amide bonds. The van der Waals surface area contributed by atoms with Crippen molar-refractivity contribution in [3.8, 4) is 11.5 Å². The number of carbonyl (C=O) groups excluding carboxylic acids is 1. The zero-order valence-corrected chi connectivity index (χ0v) is 10.4. The Morgan fingerprint density at radius 3 is 2.71 bits per heavy atom. The summed E-state index contributed by atoms with van der Waals surface area (Å²) < 4.78 is 10.7. The molecule has 1 aliphatic carbocycles. The fourth-order valence-electron chi connectivity index (χ4n) is 2.43. The number of carbonyl (C=O) groups is 1. The topological polar surface area (TPSA) is 47.6 Å². The van der Waals surface area contributed by atoms with Crippen LogP contribution < -0.4 is 14.8 Å². The second-order valence-electron chi connectivity index (χ2n) is 4.16. The van der Waals surface area contributed by atoms with Crippen LogP contribution in [0.1, 0.15) is 30.5 Å². The molecule has 4 nitrogen and oxygen atoms in total. The summed E-state index contributed by atoms with van der Waals surface area (Å²) in [6, 6.07) is 3.99. The second kappa shape index (κ2) is 4.65. The van der Waals surface area contributed by atoms with E-state index in [2.05, 4.69) is 5.32 Å². The number of ether oxygens (including phenoxy) is 2. The van der Waals surface area contributed by atoms with Gasteiger partial charge in [0, 0.05) is 12.5 Å². The molecule has 2 rings (SSSR count). The first-order valence-corrected chi connectivity index (χ1v) is 5.68. The highest BCUT2D eigenvalue weighted by Crippen LogP contribution is 2.42. The zero-order valence-electron chi connectivity index (χ0n) is 10.4. The molecule has 1 aromatic rings. The van der Waals surface area contributed by atoms with Crippen molar-refractivity contribution < 1.29 is 14.3 Å². The average molecular weight is 235 g/mol. The number of nitrogens with one attached hydrogen (secondary N) is 1. The Bertz CT molecular complexity index is 443. The lowest BCUT2D eigenvalue weighted by molar-refractivity contribution is -0.119. The Hall–Kier alpha value is -1.71. The summed E-state index contributed by atoms with van der Waals surface area (Å²) in [5, 5.41) is 2.95. The summed E-state index contributed by atoms with van der Waals surface area (Å²) in [5.74, 6) is 1.53. The first kappa shape index (κ1) is 11.8. The molecule has 0 saturated carbocycles. The molecule has 0 saturated heterocycles. The van der Waals surface area contributed by atoms with E-state index in [-0.39, 0.29) is 11.9 Å². The maximum Gasteiger partial charge on any atom is 0.217 e. The Labute approximate surface area is 101 Å². The number of benzene rings is 1. The molecule has 1 unspecified atom stereocenters. The second-order valence-corrected chi connectivity index (χ2v) is 4.16. The summed E-state index contributed by atoms with van der Waals surface area (Å²) >= 11 is 0. The molecule has 0 radical (unpaired) electrons. The van der Waals surface area contributed by atoms with Gasteiger partial charge in [-0.1, -0.05) is 6.07 Å². The minimum atomic E-state index is -0.00219. The molecule has 1 aliphatic rings. The summed E-state index contributed by atoms with van der Waals surface area (Å²) in [6.45, 7) is 1.54. The third-order valence-electron chi connectivity index (χ3n) is 3.12. The highest BCUT2D eigenvalue weighted by Gasteiger charge is 2.27. The molecule has 0 spiro atoms. The summed E-state index contributed by atoms with van der Waals surface area (Å²) in [7, 11) is 3.27. The molecule has 1 N–H and O–H groups in total. The lowest BCUT2D eigenvalue weighted by Crippen LogP contribution is -2.24. The number of methoxy groups -OCH3 is 2. The maximum atomic E-state index is 11.1. The van der Waals surface area contributed by atoms with Crippen molar-refractivity contribution in [3.63, 3.8) is 0 Å².